The van der Waals surface area contributed by atoms with Crippen LogP contribution in [-0.4, -0.2) is 35.0 Å². The molecule has 0 aliphatic heterocycles. The Morgan fingerprint density at radius 2 is 2.35 bits per heavy atom. The molecule has 1 rings (SSSR count). The van der Waals surface area contributed by atoms with Crippen molar-refractivity contribution in [3.8, 4) is 12.3 Å². The molecule has 88 valence electrons. The van der Waals surface area contributed by atoms with E-state index in [0.717, 1.165) is 4.90 Å². The van der Waals surface area contributed by atoms with E-state index < -0.39 is 18.4 Å². The normalized spacial score (nSPS) is 10.1. The molecule has 0 spiro atoms. The van der Waals surface area contributed by atoms with Gasteiger partial charge in [-0.1, -0.05) is 5.92 Å². The number of carbonyl (C=O) groups excluding carboxylic acids is 1. The van der Waals surface area contributed by atoms with Crippen molar-refractivity contribution in [2.75, 3.05) is 13.1 Å². The minimum atomic E-state index is -1.11. The zero-order chi connectivity index (χ0) is 12.7. The fourth-order valence-electron chi connectivity index (χ4n) is 1.13. The van der Waals surface area contributed by atoms with Crippen LogP contribution in [0.2, 0.25) is 0 Å². The highest BCUT2D eigenvalue weighted by atomic mass is 16.4. The highest BCUT2D eigenvalue weighted by molar-refractivity contribution is 5.93. The summed E-state index contributed by atoms with van der Waals surface area (Å²) in [5.41, 5.74) is 0. The molecule has 5 heteroatoms. The number of carboxylic acids is 1. The third kappa shape index (κ3) is 4.26. The number of carboxylic acid groups (broad SMARTS) is 1. The molecule has 0 aliphatic rings. The maximum atomic E-state index is 11.6. The molecule has 0 radical (unpaired) electrons. The van der Waals surface area contributed by atoms with E-state index >= 15 is 0 Å². The average molecular weight is 233 g/mol. The lowest BCUT2D eigenvalue weighted by molar-refractivity contribution is -0.142. The van der Waals surface area contributed by atoms with Crippen LogP contribution in [0.5, 0.6) is 0 Å². The molecule has 1 amide bonds. The number of carbonyl (C=O) groups is 2. The van der Waals surface area contributed by atoms with Crippen molar-refractivity contribution in [3.05, 3.63) is 30.2 Å². The van der Waals surface area contributed by atoms with Crippen molar-refractivity contribution in [1.82, 2.24) is 4.90 Å². The molecular formula is C12H11NO4. The van der Waals surface area contributed by atoms with E-state index in [4.69, 9.17) is 15.9 Å². The molecule has 0 unspecified atom stereocenters. The number of nitrogens with zero attached hydrogens (tertiary/aromatic N) is 1. The number of hydrogen-bond donors (Lipinski definition) is 1. The van der Waals surface area contributed by atoms with Gasteiger partial charge in [-0.2, -0.15) is 0 Å². The lowest BCUT2D eigenvalue weighted by atomic mass is 10.3. The Balaban J connectivity index is 2.65. The molecule has 0 saturated carbocycles. The van der Waals surface area contributed by atoms with E-state index in [-0.39, 0.29) is 6.54 Å². The van der Waals surface area contributed by atoms with Gasteiger partial charge in [-0.15, -0.1) is 6.42 Å². The molecule has 0 aromatic carbocycles. The van der Waals surface area contributed by atoms with Gasteiger partial charge in [0.25, 0.3) is 0 Å². The summed E-state index contributed by atoms with van der Waals surface area (Å²) < 4.78 is 4.99. The SMILES string of the molecule is C#CCN(CC(=O)O)C(=O)C=Cc1ccco1. The number of aliphatic carboxylic acids is 1. The number of terminal acetylenes is 1. The van der Waals surface area contributed by atoms with Gasteiger partial charge in [0, 0.05) is 6.08 Å². The summed E-state index contributed by atoms with van der Waals surface area (Å²) in [5.74, 6) is 1.16. The van der Waals surface area contributed by atoms with Gasteiger partial charge < -0.3 is 14.4 Å². The van der Waals surface area contributed by atoms with Crippen molar-refractivity contribution < 1.29 is 19.1 Å². The topological polar surface area (TPSA) is 70.8 Å². The first-order valence-corrected chi connectivity index (χ1v) is 4.79. The van der Waals surface area contributed by atoms with Crippen LogP contribution in [0.3, 0.4) is 0 Å². The van der Waals surface area contributed by atoms with Crippen molar-refractivity contribution >= 4 is 18.0 Å². The Kier molecular flexibility index (Phi) is 4.58. The molecule has 0 atom stereocenters. The average Bonchev–Trinajstić information content (AvgIpc) is 2.77. The summed E-state index contributed by atoms with van der Waals surface area (Å²) in [7, 11) is 0. The second-order valence-electron chi connectivity index (χ2n) is 3.14. The van der Waals surface area contributed by atoms with E-state index in [1.807, 2.05) is 0 Å². The zero-order valence-corrected chi connectivity index (χ0v) is 9.00. The van der Waals surface area contributed by atoms with Crippen LogP contribution in [0, 0.1) is 12.3 Å². The quantitative estimate of drug-likeness (QED) is 0.604. The van der Waals surface area contributed by atoms with Crippen LogP contribution in [-0.2, 0) is 9.59 Å². The Morgan fingerprint density at radius 1 is 1.59 bits per heavy atom. The predicted octanol–water partition coefficient (Wildman–Crippen LogP) is 0.839. The maximum Gasteiger partial charge on any atom is 0.323 e. The van der Waals surface area contributed by atoms with Crippen molar-refractivity contribution in [3.63, 3.8) is 0 Å². The first-order chi connectivity index (χ1) is 8.13. The first-order valence-electron chi connectivity index (χ1n) is 4.79. The Morgan fingerprint density at radius 3 is 2.88 bits per heavy atom. The fraction of sp³-hybridized carbons (Fsp3) is 0.167. The molecule has 5 nitrogen and oxygen atoms in total. The van der Waals surface area contributed by atoms with Crippen LogP contribution >= 0.6 is 0 Å². The van der Waals surface area contributed by atoms with Gasteiger partial charge in [-0.05, 0) is 18.2 Å². The molecular weight excluding hydrogens is 222 g/mol. The second-order valence-corrected chi connectivity index (χ2v) is 3.14. The van der Waals surface area contributed by atoms with Gasteiger partial charge in [-0.25, -0.2) is 0 Å². The van der Waals surface area contributed by atoms with Gasteiger partial charge in [-0.3, -0.25) is 9.59 Å². The Labute approximate surface area is 98.3 Å². The molecule has 0 bridgehead atoms. The molecule has 0 fully saturated rings. The Hall–Kier alpha value is -2.48. The maximum absolute atomic E-state index is 11.6. The smallest absolute Gasteiger partial charge is 0.323 e. The summed E-state index contributed by atoms with van der Waals surface area (Å²) in [4.78, 5) is 23.2. The fourth-order valence-corrected chi connectivity index (χ4v) is 1.13. The highest BCUT2D eigenvalue weighted by Gasteiger charge is 2.12. The van der Waals surface area contributed by atoms with Crippen molar-refractivity contribution in [2.45, 2.75) is 0 Å². The minimum absolute atomic E-state index is 0.0480. The third-order valence-electron chi connectivity index (χ3n) is 1.85. The molecule has 1 N–H and O–H groups in total. The van der Waals surface area contributed by atoms with Crippen LogP contribution < -0.4 is 0 Å². The van der Waals surface area contributed by atoms with Crippen molar-refractivity contribution in [1.29, 1.82) is 0 Å². The summed E-state index contributed by atoms with van der Waals surface area (Å²) >= 11 is 0. The monoisotopic (exact) mass is 233 g/mol. The van der Waals surface area contributed by atoms with Crippen LogP contribution in [0.15, 0.2) is 28.9 Å². The molecule has 1 aromatic heterocycles. The van der Waals surface area contributed by atoms with Crippen LogP contribution in [0.1, 0.15) is 5.76 Å². The summed E-state index contributed by atoms with van der Waals surface area (Å²) in [5, 5.41) is 8.61. The standard InChI is InChI=1S/C12H11NO4/c1-2-7-13(9-12(15)16)11(14)6-5-10-4-3-8-17-10/h1,3-6,8H,7,9H2,(H,15,16). The number of amides is 1. The lowest BCUT2D eigenvalue weighted by Gasteiger charge is -2.15. The van der Waals surface area contributed by atoms with E-state index in [9.17, 15) is 9.59 Å². The highest BCUT2D eigenvalue weighted by Crippen LogP contribution is 2.03. The predicted molar refractivity (Wildman–Crippen MR) is 60.8 cm³/mol. The van der Waals surface area contributed by atoms with Crippen LogP contribution in [0.4, 0.5) is 0 Å². The summed E-state index contributed by atoms with van der Waals surface area (Å²) in [6, 6.07) is 3.35. The second kappa shape index (κ2) is 6.18. The van der Waals surface area contributed by atoms with Gasteiger partial charge in [0.1, 0.15) is 12.3 Å². The van der Waals surface area contributed by atoms with E-state index in [0.29, 0.717) is 5.76 Å². The number of rotatable bonds is 5. The third-order valence-corrected chi connectivity index (χ3v) is 1.85. The summed E-state index contributed by atoms with van der Waals surface area (Å²) in [6.45, 7) is -0.473. The first kappa shape index (κ1) is 12.6. The van der Waals surface area contributed by atoms with E-state index in [2.05, 4.69) is 5.92 Å². The molecule has 1 heterocycles. The van der Waals surface area contributed by atoms with Gasteiger partial charge in [0.2, 0.25) is 5.91 Å². The van der Waals surface area contributed by atoms with Gasteiger partial charge in [0.05, 0.1) is 12.8 Å². The minimum Gasteiger partial charge on any atom is -0.480 e. The Bertz CT molecular complexity index is 453. The van der Waals surface area contributed by atoms with Crippen LogP contribution in [0.25, 0.3) is 6.08 Å². The number of hydrogen-bond acceptors (Lipinski definition) is 3. The van der Waals surface area contributed by atoms with Gasteiger partial charge in [0.15, 0.2) is 0 Å². The van der Waals surface area contributed by atoms with Crippen molar-refractivity contribution in [2.24, 2.45) is 0 Å². The molecule has 0 aliphatic carbocycles. The zero-order valence-electron chi connectivity index (χ0n) is 9.00. The molecule has 1 aromatic rings. The van der Waals surface area contributed by atoms with Gasteiger partial charge >= 0.3 is 5.97 Å². The number of furan rings is 1. The summed E-state index contributed by atoms with van der Waals surface area (Å²) in [6.07, 6.45) is 9.20. The lowest BCUT2D eigenvalue weighted by Crippen LogP contribution is -2.34. The van der Waals surface area contributed by atoms with E-state index in [1.54, 1.807) is 12.1 Å². The largest absolute Gasteiger partial charge is 0.480 e. The molecule has 17 heavy (non-hydrogen) atoms. The van der Waals surface area contributed by atoms with E-state index in [1.165, 1.54) is 18.4 Å². The molecule has 0 saturated heterocycles.